The standard InChI is InChI=1S/C29H21NO6P2/c31-28-17-27(38(34)26-16-8-4-12-22(26)20-10-2-6-14-24(20)36-38)29(32)30(28)18-37(33)25-15-7-3-11-21(25)19-9-1-5-13-23(19)35-37/h1-16,27H,17-18H2. The Morgan fingerprint density at radius 1 is 0.658 bits per heavy atom. The molecule has 9 heteroatoms. The lowest BCUT2D eigenvalue weighted by molar-refractivity contribution is -0.137. The van der Waals surface area contributed by atoms with Crippen LogP contribution in [0.15, 0.2) is 97.1 Å². The van der Waals surface area contributed by atoms with Crippen LogP contribution in [-0.2, 0) is 18.7 Å². The first-order valence-corrected chi connectivity index (χ1v) is 15.7. The van der Waals surface area contributed by atoms with Crippen molar-refractivity contribution in [2.45, 2.75) is 12.1 Å². The smallest absolute Gasteiger partial charge is 0.297 e. The highest BCUT2D eigenvalue weighted by molar-refractivity contribution is 7.69. The Balaban J connectivity index is 1.27. The Labute approximate surface area is 218 Å². The Kier molecular flexibility index (Phi) is 5.07. The molecule has 2 amide bonds. The second-order valence-corrected chi connectivity index (χ2v) is 14.3. The van der Waals surface area contributed by atoms with Crippen LogP contribution in [0.25, 0.3) is 22.3 Å². The molecule has 7 rings (SSSR count). The zero-order valence-electron chi connectivity index (χ0n) is 20.0. The summed E-state index contributed by atoms with van der Waals surface area (Å²) in [5.41, 5.74) is 1.80. The van der Waals surface area contributed by atoms with Crippen molar-refractivity contribution in [3.05, 3.63) is 97.1 Å². The average Bonchev–Trinajstić information content (AvgIpc) is 3.22. The fourth-order valence-corrected chi connectivity index (χ4v) is 10.5. The summed E-state index contributed by atoms with van der Waals surface area (Å²) >= 11 is 0. The number of carbonyl (C=O) groups excluding carboxylic acids is 2. The number of imide groups is 1. The van der Waals surface area contributed by atoms with Gasteiger partial charge in [-0.05, 0) is 35.4 Å². The minimum absolute atomic E-state index is 0.301. The summed E-state index contributed by atoms with van der Waals surface area (Å²) in [5.74, 6) is -0.380. The molecule has 3 unspecified atom stereocenters. The van der Waals surface area contributed by atoms with Gasteiger partial charge in [0.15, 0.2) is 0 Å². The van der Waals surface area contributed by atoms with Crippen LogP contribution in [0.5, 0.6) is 11.5 Å². The van der Waals surface area contributed by atoms with Crippen molar-refractivity contribution in [2.24, 2.45) is 0 Å². The van der Waals surface area contributed by atoms with Crippen LogP contribution < -0.4 is 19.7 Å². The van der Waals surface area contributed by atoms with Crippen LogP contribution in [0, 0.1) is 0 Å². The van der Waals surface area contributed by atoms with E-state index in [-0.39, 0.29) is 6.42 Å². The summed E-state index contributed by atoms with van der Waals surface area (Å²) in [6, 6.07) is 28.7. The average molecular weight is 541 g/mol. The number of amides is 2. The van der Waals surface area contributed by atoms with E-state index in [0.29, 0.717) is 27.7 Å². The summed E-state index contributed by atoms with van der Waals surface area (Å²) < 4.78 is 40.9. The first-order chi connectivity index (χ1) is 18.4. The predicted octanol–water partition coefficient (Wildman–Crippen LogP) is 5.40. The second kappa shape index (κ2) is 8.29. The lowest BCUT2D eigenvalue weighted by atomic mass is 10.0. The molecule has 3 aliphatic rings. The molecule has 0 aromatic heterocycles. The van der Waals surface area contributed by atoms with Crippen molar-refractivity contribution in [3.63, 3.8) is 0 Å². The maximum Gasteiger partial charge on any atom is 0.297 e. The highest BCUT2D eigenvalue weighted by Crippen LogP contribution is 2.61. The second-order valence-electron chi connectivity index (χ2n) is 9.50. The summed E-state index contributed by atoms with van der Waals surface area (Å²) in [7, 11) is -7.57. The van der Waals surface area contributed by atoms with Gasteiger partial charge in [-0.3, -0.25) is 23.6 Å². The van der Waals surface area contributed by atoms with Crippen molar-refractivity contribution in [2.75, 3.05) is 6.29 Å². The molecular weight excluding hydrogens is 520 g/mol. The van der Waals surface area contributed by atoms with Crippen molar-refractivity contribution >= 4 is 37.2 Å². The zero-order chi connectivity index (χ0) is 26.1. The van der Waals surface area contributed by atoms with Gasteiger partial charge in [0.1, 0.15) is 23.4 Å². The van der Waals surface area contributed by atoms with Crippen LogP contribution in [0.3, 0.4) is 0 Å². The van der Waals surface area contributed by atoms with E-state index in [2.05, 4.69) is 0 Å². The van der Waals surface area contributed by atoms with Crippen molar-refractivity contribution < 1.29 is 27.8 Å². The van der Waals surface area contributed by atoms with Crippen LogP contribution in [-0.4, -0.2) is 28.7 Å². The number of carbonyl (C=O) groups is 2. The normalized spacial score (nSPS) is 24.9. The maximum absolute atomic E-state index is 14.5. The molecule has 0 spiro atoms. The van der Waals surface area contributed by atoms with E-state index < -0.39 is 38.5 Å². The molecule has 0 saturated carbocycles. The number of nitrogens with zero attached hydrogens (tertiary/aromatic N) is 1. The molecular formula is C29H21NO6P2. The molecule has 38 heavy (non-hydrogen) atoms. The molecule has 1 saturated heterocycles. The Morgan fingerprint density at radius 3 is 1.82 bits per heavy atom. The monoisotopic (exact) mass is 541 g/mol. The first kappa shape index (κ1) is 23.2. The number of rotatable bonds is 3. The van der Waals surface area contributed by atoms with Gasteiger partial charge in [-0.15, -0.1) is 0 Å². The molecule has 4 aromatic rings. The highest BCUT2D eigenvalue weighted by atomic mass is 31.2. The van der Waals surface area contributed by atoms with Gasteiger partial charge in [-0.1, -0.05) is 72.8 Å². The molecule has 0 N–H and O–H groups in total. The quantitative estimate of drug-likeness (QED) is 0.255. The molecule has 3 aliphatic heterocycles. The number of likely N-dealkylation sites (tertiary alicyclic amines) is 1. The molecule has 0 bridgehead atoms. The highest BCUT2D eigenvalue weighted by Gasteiger charge is 2.55. The Bertz CT molecular complexity index is 1770. The zero-order valence-corrected chi connectivity index (χ0v) is 21.8. The van der Waals surface area contributed by atoms with E-state index in [9.17, 15) is 18.7 Å². The molecule has 188 valence electrons. The fraction of sp³-hybridized carbons (Fsp3) is 0.103. The van der Waals surface area contributed by atoms with Gasteiger partial charge < -0.3 is 9.05 Å². The Hall–Kier alpha value is -3.92. The minimum Gasteiger partial charge on any atom is -0.439 e. The summed E-state index contributed by atoms with van der Waals surface area (Å²) in [6.45, 7) is 0. The summed E-state index contributed by atoms with van der Waals surface area (Å²) in [5, 5.41) is 0.856. The Morgan fingerprint density at radius 2 is 1.16 bits per heavy atom. The van der Waals surface area contributed by atoms with E-state index in [0.717, 1.165) is 21.6 Å². The lowest BCUT2D eigenvalue weighted by Gasteiger charge is -2.32. The van der Waals surface area contributed by atoms with Gasteiger partial charge in [-0.25, -0.2) is 0 Å². The molecule has 7 nitrogen and oxygen atoms in total. The number of hydrogen-bond acceptors (Lipinski definition) is 6. The maximum atomic E-state index is 14.5. The van der Waals surface area contributed by atoms with Gasteiger partial charge >= 0.3 is 0 Å². The molecule has 3 atom stereocenters. The first-order valence-electron chi connectivity index (χ1n) is 12.2. The SMILES string of the molecule is O=C1CC(P2(=O)Oc3ccccc3-c3ccccc32)C(=O)N1CP1(=O)Oc2ccccc2-c2ccccc21. The van der Waals surface area contributed by atoms with Gasteiger partial charge in [0.05, 0.1) is 10.6 Å². The lowest BCUT2D eigenvalue weighted by Crippen LogP contribution is -2.37. The number of para-hydroxylation sites is 2. The van der Waals surface area contributed by atoms with Crippen LogP contribution in [0.4, 0.5) is 0 Å². The minimum atomic E-state index is -3.85. The van der Waals surface area contributed by atoms with Crippen molar-refractivity contribution in [3.8, 4) is 33.8 Å². The molecule has 1 fully saturated rings. The van der Waals surface area contributed by atoms with Gasteiger partial charge in [0.2, 0.25) is 11.8 Å². The molecule has 0 aliphatic carbocycles. The van der Waals surface area contributed by atoms with E-state index in [1.54, 1.807) is 48.5 Å². The summed E-state index contributed by atoms with van der Waals surface area (Å²) in [4.78, 5) is 28.0. The van der Waals surface area contributed by atoms with Gasteiger partial charge in [-0.2, -0.15) is 0 Å². The van der Waals surface area contributed by atoms with Gasteiger partial charge in [0.25, 0.3) is 14.7 Å². The van der Waals surface area contributed by atoms with Crippen molar-refractivity contribution in [1.29, 1.82) is 0 Å². The number of fused-ring (bicyclic) bond motifs is 6. The molecule has 0 radical (unpaired) electrons. The van der Waals surface area contributed by atoms with E-state index in [1.165, 1.54) is 0 Å². The molecule has 4 aromatic carbocycles. The van der Waals surface area contributed by atoms with Crippen LogP contribution >= 0.6 is 14.7 Å². The van der Waals surface area contributed by atoms with E-state index in [4.69, 9.17) is 9.05 Å². The third-order valence-corrected chi connectivity index (χ3v) is 12.3. The largest absolute Gasteiger partial charge is 0.439 e. The van der Waals surface area contributed by atoms with Crippen LogP contribution in [0.1, 0.15) is 6.42 Å². The van der Waals surface area contributed by atoms with Gasteiger partial charge in [0, 0.05) is 17.5 Å². The van der Waals surface area contributed by atoms with Crippen molar-refractivity contribution in [1.82, 2.24) is 4.90 Å². The molecule has 3 heterocycles. The fourth-order valence-electron chi connectivity index (χ4n) is 5.52. The number of hydrogen-bond donors (Lipinski definition) is 0. The van der Waals surface area contributed by atoms with E-state index >= 15 is 0 Å². The predicted molar refractivity (Wildman–Crippen MR) is 145 cm³/mol. The summed E-state index contributed by atoms with van der Waals surface area (Å²) in [6.07, 6.45) is -0.740. The topological polar surface area (TPSA) is 90.0 Å². The third-order valence-electron chi connectivity index (χ3n) is 7.30. The van der Waals surface area contributed by atoms with Crippen LogP contribution in [0.2, 0.25) is 0 Å². The third kappa shape index (κ3) is 3.29. The number of benzene rings is 4. The van der Waals surface area contributed by atoms with E-state index in [1.807, 2.05) is 48.5 Å².